The number of hydrogen-bond donors (Lipinski definition) is 2. The van der Waals surface area contributed by atoms with Crippen LogP contribution in [0.3, 0.4) is 0 Å². The molecule has 1 fully saturated rings. The third kappa shape index (κ3) is 4.62. The molecule has 1 rings (SSSR count). The van der Waals surface area contributed by atoms with Crippen LogP contribution in [0.1, 0.15) is 19.3 Å². The van der Waals surface area contributed by atoms with E-state index in [4.69, 9.17) is 10.5 Å². The van der Waals surface area contributed by atoms with Gasteiger partial charge in [-0.15, -0.1) is 0 Å². The Bertz CT molecular complexity index is 296. The van der Waals surface area contributed by atoms with Crippen LogP contribution in [0.25, 0.3) is 0 Å². The van der Waals surface area contributed by atoms with Crippen molar-refractivity contribution in [2.24, 2.45) is 11.7 Å². The molecule has 3 N–H and O–H groups in total. The predicted octanol–water partition coefficient (Wildman–Crippen LogP) is -0.665. The van der Waals surface area contributed by atoms with Gasteiger partial charge in [-0.3, -0.25) is 9.59 Å². The molecule has 1 aliphatic rings. The van der Waals surface area contributed by atoms with E-state index in [1.807, 2.05) is 0 Å². The highest BCUT2D eigenvalue weighted by Crippen LogP contribution is 2.25. The number of hydrogen-bond acceptors (Lipinski definition) is 4. The molecule has 0 saturated heterocycles. The van der Waals surface area contributed by atoms with Crippen molar-refractivity contribution in [3.8, 4) is 0 Å². The summed E-state index contributed by atoms with van der Waals surface area (Å²) in [5, 5.41) is 2.69. The first kappa shape index (κ1) is 14.9. The number of nitrogens with two attached hydrogens (primary N) is 1. The van der Waals surface area contributed by atoms with Crippen LogP contribution >= 0.6 is 0 Å². The molecule has 1 aliphatic carbocycles. The summed E-state index contributed by atoms with van der Waals surface area (Å²) in [4.78, 5) is 25.0. The van der Waals surface area contributed by atoms with Crippen molar-refractivity contribution < 1.29 is 14.3 Å². The van der Waals surface area contributed by atoms with Crippen molar-refractivity contribution in [2.75, 3.05) is 33.9 Å². The first-order valence-electron chi connectivity index (χ1n) is 6.30. The highest BCUT2D eigenvalue weighted by Gasteiger charge is 2.30. The maximum absolute atomic E-state index is 12.0. The van der Waals surface area contributed by atoms with Crippen LogP contribution in [-0.2, 0) is 14.3 Å². The molecule has 104 valence electrons. The van der Waals surface area contributed by atoms with Crippen LogP contribution in [0, 0.1) is 5.92 Å². The van der Waals surface area contributed by atoms with Gasteiger partial charge in [0.05, 0.1) is 13.2 Å². The lowest BCUT2D eigenvalue weighted by atomic mass is 10.1. The van der Waals surface area contributed by atoms with E-state index in [0.29, 0.717) is 13.2 Å². The second kappa shape index (κ2) is 7.33. The van der Waals surface area contributed by atoms with Crippen LogP contribution in [0.2, 0.25) is 0 Å². The van der Waals surface area contributed by atoms with Crippen LogP contribution in [-0.4, -0.2) is 56.6 Å². The van der Waals surface area contributed by atoms with Gasteiger partial charge in [-0.25, -0.2) is 0 Å². The standard InChI is InChI=1S/C12H23N3O3/c1-15(8-11(16)14-5-6-18-2)12(17)9-3-4-10(13)7-9/h9-10H,3-8,13H2,1-2H3,(H,14,16). The second-order valence-corrected chi connectivity index (χ2v) is 4.81. The van der Waals surface area contributed by atoms with Crippen molar-refractivity contribution >= 4 is 11.8 Å². The molecule has 1 saturated carbocycles. The van der Waals surface area contributed by atoms with Crippen LogP contribution < -0.4 is 11.1 Å². The maximum Gasteiger partial charge on any atom is 0.239 e. The minimum Gasteiger partial charge on any atom is -0.383 e. The first-order chi connectivity index (χ1) is 8.54. The summed E-state index contributed by atoms with van der Waals surface area (Å²) in [7, 11) is 3.23. The summed E-state index contributed by atoms with van der Waals surface area (Å²) >= 11 is 0. The maximum atomic E-state index is 12.0. The van der Waals surface area contributed by atoms with Gasteiger partial charge in [0, 0.05) is 32.7 Å². The molecule has 2 unspecified atom stereocenters. The van der Waals surface area contributed by atoms with Crippen molar-refractivity contribution in [1.29, 1.82) is 0 Å². The third-order valence-electron chi connectivity index (χ3n) is 3.21. The van der Waals surface area contributed by atoms with Crippen LogP contribution in [0.5, 0.6) is 0 Å². The van der Waals surface area contributed by atoms with E-state index in [1.54, 1.807) is 14.2 Å². The van der Waals surface area contributed by atoms with Gasteiger partial charge in [0.15, 0.2) is 0 Å². The van der Waals surface area contributed by atoms with Crippen molar-refractivity contribution in [3.05, 3.63) is 0 Å². The fourth-order valence-electron chi connectivity index (χ4n) is 2.19. The molecule has 0 aromatic carbocycles. The van der Waals surface area contributed by atoms with Gasteiger partial charge in [0.1, 0.15) is 0 Å². The van der Waals surface area contributed by atoms with Crippen LogP contribution in [0.15, 0.2) is 0 Å². The molecule has 0 aliphatic heterocycles. The van der Waals surface area contributed by atoms with E-state index >= 15 is 0 Å². The number of rotatable bonds is 6. The van der Waals surface area contributed by atoms with E-state index in [0.717, 1.165) is 19.3 Å². The summed E-state index contributed by atoms with van der Waals surface area (Å²) in [5.74, 6) is -0.160. The number of methoxy groups -OCH3 is 1. The summed E-state index contributed by atoms with van der Waals surface area (Å²) < 4.78 is 4.83. The highest BCUT2D eigenvalue weighted by atomic mass is 16.5. The fraction of sp³-hybridized carbons (Fsp3) is 0.833. The Kier molecular flexibility index (Phi) is 6.07. The van der Waals surface area contributed by atoms with Crippen LogP contribution in [0.4, 0.5) is 0 Å². The van der Waals surface area contributed by atoms with Crippen molar-refractivity contribution in [1.82, 2.24) is 10.2 Å². The zero-order valence-electron chi connectivity index (χ0n) is 11.1. The van der Waals surface area contributed by atoms with Crippen molar-refractivity contribution in [2.45, 2.75) is 25.3 Å². The molecule has 0 bridgehead atoms. The number of likely N-dealkylation sites (N-methyl/N-ethyl adjacent to an activating group) is 1. The van der Waals surface area contributed by atoms with Crippen molar-refractivity contribution in [3.63, 3.8) is 0 Å². The minimum absolute atomic E-state index is 0.0169. The number of ether oxygens (including phenoxy) is 1. The average Bonchev–Trinajstić information content (AvgIpc) is 2.75. The topological polar surface area (TPSA) is 84.7 Å². The second-order valence-electron chi connectivity index (χ2n) is 4.81. The summed E-state index contributed by atoms with van der Waals surface area (Å²) in [6, 6.07) is 0.128. The molecular weight excluding hydrogens is 234 g/mol. The van der Waals surface area contributed by atoms with Gasteiger partial charge >= 0.3 is 0 Å². The molecule has 6 nitrogen and oxygen atoms in total. The normalized spacial score (nSPS) is 22.8. The number of carbonyl (C=O) groups is 2. The Morgan fingerprint density at radius 3 is 2.72 bits per heavy atom. The molecule has 0 radical (unpaired) electrons. The predicted molar refractivity (Wildman–Crippen MR) is 67.8 cm³/mol. The van der Waals surface area contributed by atoms with E-state index < -0.39 is 0 Å². The zero-order valence-corrected chi connectivity index (χ0v) is 11.1. The third-order valence-corrected chi connectivity index (χ3v) is 3.21. The Labute approximate surface area is 108 Å². The molecule has 18 heavy (non-hydrogen) atoms. The molecule has 0 aromatic heterocycles. The molecular formula is C12H23N3O3. The number of carbonyl (C=O) groups excluding carboxylic acids is 2. The summed E-state index contributed by atoms with van der Waals surface area (Å²) in [5.41, 5.74) is 5.78. The monoisotopic (exact) mass is 257 g/mol. The van der Waals surface area contributed by atoms with E-state index in [9.17, 15) is 9.59 Å². The number of amides is 2. The number of nitrogens with one attached hydrogen (secondary N) is 1. The lowest BCUT2D eigenvalue weighted by molar-refractivity contribution is -0.137. The highest BCUT2D eigenvalue weighted by molar-refractivity contribution is 5.85. The lowest BCUT2D eigenvalue weighted by Crippen LogP contribution is -2.41. The number of nitrogens with zero attached hydrogens (tertiary/aromatic N) is 1. The van der Waals surface area contributed by atoms with Gasteiger partial charge in [0.25, 0.3) is 0 Å². The van der Waals surface area contributed by atoms with E-state index in [1.165, 1.54) is 4.90 Å². The fourth-order valence-corrected chi connectivity index (χ4v) is 2.19. The van der Waals surface area contributed by atoms with Gasteiger partial charge in [0.2, 0.25) is 11.8 Å². The van der Waals surface area contributed by atoms with E-state index in [2.05, 4.69) is 5.32 Å². The molecule has 0 aromatic rings. The SMILES string of the molecule is COCCNC(=O)CN(C)C(=O)C1CCC(N)C1. The molecule has 6 heteroatoms. The lowest BCUT2D eigenvalue weighted by Gasteiger charge is -2.20. The van der Waals surface area contributed by atoms with Gasteiger partial charge in [-0.1, -0.05) is 0 Å². The Hall–Kier alpha value is -1.14. The first-order valence-corrected chi connectivity index (χ1v) is 6.30. The molecule has 2 amide bonds. The van der Waals surface area contributed by atoms with E-state index in [-0.39, 0.29) is 30.3 Å². The van der Waals surface area contributed by atoms with Gasteiger partial charge in [-0.2, -0.15) is 0 Å². The molecule has 0 heterocycles. The Balaban J connectivity index is 2.28. The summed E-state index contributed by atoms with van der Waals surface area (Å²) in [6.07, 6.45) is 2.45. The summed E-state index contributed by atoms with van der Waals surface area (Å²) in [6.45, 7) is 1.03. The minimum atomic E-state index is -0.162. The molecule has 0 spiro atoms. The molecule has 2 atom stereocenters. The Morgan fingerprint density at radius 2 is 2.17 bits per heavy atom. The largest absolute Gasteiger partial charge is 0.383 e. The average molecular weight is 257 g/mol. The smallest absolute Gasteiger partial charge is 0.239 e. The van der Waals surface area contributed by atoms with Gasteiger partial charge in [-0.05, 0) is 19.3 Å². The Morgan fingerprint density at radius 1 is 1.44 bits per heavy atom. The van der Waals surface area contributed by atoms with Gasteiger partial charge < -0.3 is 20.7 Å². The zero-order chi connectivity index (χ0) is 13.5. The quantitative estimate of drug-likeness (QED) is 0.618.